The molecule has 1 rings (SSSR count). The molecule has 0 aromatic carbocycles. The SMILES string of the molecule is CCCCCCC(C)CC1CC1CC. The molecule has 0 aromatic heterocycles. The Hall–Kier alpha value is 0. The molecule has 0 radical (unpaired) electrons. The van der Waals surface area contributed by atoms with Crippen LogP contribution in [0.4, 0.5) is 0 Å². The summed E-state index contributed by atoms with van der Waals surface area (Å²) in [5.74, 6) is 3.21. The molecule has 0 amide bonds. The predicted octanol–water partition coefficient (Wildman–Crippen LogP) is 5.03. The molecule has 0 saturated heterocycles. The van der Waals surface area contributed by atoms with Crippen molar-refractivity contribution >= 4 is 0 Å². The molecule has 1 aliphatic rings. The number of rotatable bonds is 8. The van der Waals surface area contributed by atoms with E-state index < -0.39 is 0 Å². The van der Waals surface area contributed by atoms with E-state index in [1.165, 1.54) is 51.4 Å². The molecule has 0 heteroatoms. The minimum absolute atomic E-state index is 0.994. The van der Waals surface area contributed by atoms with Crippen LogP contribution < -0.4 is 0 Å². The van der Waals surface area contributed by atoms with E-state index in [-0.39, 0.29) is 0 Å². The highest BCUT2D eigenvalue weighted by Gasteiger charge is 2.35. The Morgan fingerprint density at radius 3 is 2.43 bits per heavy atom. The summed E-state index contributed by atoms with van der Waals surface area (Å²) in [4.78, 5) is 0. The van der Waals surface area contributed by atoms with Crippen LogP contribution in [0.5, 0.6) is 0 Å². The summed E-state index contributed by atoms with van der Waals surface area (Å²) < 4.78 is 0. The third-order valence-corrected chi connectivity index (χ3v) is 3.85. The van der Waals surface area contributed by atoms with Crippen molar-refractivity contribution in [2.75, 3.05) is 0 Å². The standard InChI is InChI=1S/C14H28/c1-4-6-7-8-9-12(3)10-14-11-13(14)5-2/h12-14H,4-11H2,1-3H3. The summed E-state index contributed by atoms with van der Waals surface area (Å²) in [5.41, 5.74) is 0. The van der Waals surface area contributed by atoms with E-state index in [0.717, 1.165) is 17.8 Å². The van der Waals surface area contributed by atoms with Crippen molar-refractivity contribution in [2.45, 2.75) is 72.1 Å². The third-order valence-electron chi connectivity index (χ3n) is 3.85. The Morgan fingerprint density at radius 2 is 1.86 bits per heavy atom. The molecular formula is C14H28. The van der Waals surface area contributed by atoms with Gasteiger partial charge in [0, 0.05) is 0 Å². The van der Waals surface area contributed by atoms with E-state index in [1.807, 2.05) is 0 Å². The van der Waals surface area contributed by atoms with Gasteiger partial charge in [0.2, 0.25) is 0 Å². The van der Waals surface area contributed by atoms with Gasteiger partial charge in [-0.15, -0.1) is 0 Å². The van der Waals surface area contributed by atoms with Crippen molar-refractivity contribution in [3.05, 3.63) is 0 Å². The number of hydrogen-bond acceptors (Lipinski definition) is 0. The maximum Gasteiger partial charge on any atom is -0.0381 e. The van der Waals surface area contributed by atoms with Crippen LogP contribution in [-0.2, 0) is 0 Å². The first-order chi connectivity index (χ1) is 6.77. The Labute approximate surface area is 90.5 Å². The second kappa shape index (κ2) is 6.48. The van der Waals surface area contributed by atoms with E-state index in [1.54, 1.807) is 0 Å². The van der Waals surface area contributed by atoms with Crippen molar-refractivity contribution in [3.8, 4) is 0 Å². The zero-order chi connectivity index (χ0) is 10.4. The van der Waals surface area contributed by atoms with Gasteiger partial charge in [-0.1, -0.05) is 59.3 Å². The molecular weight excluding hydrogens is 168 g/mol. The van der Waals surface area contributed by atoms with Crippen molar-refractivity contribution in [2.24, 2.45) is 17.8 Å². The summed E-state index contributed by atoms with van der Waals surface area (Å²) in [6.45, 7) is 7.09. The van der Waals surface area contributed by atoms with Crippen LogP contribution >= 0.6 is 0 Å². The molecule has 1 fully saturated rings. The van der Waals surface area contributed by atoms with Crippen molar-refractivity contribution in [3.63, 3.8) is 0 Å². The second-order valence-corrected chi connectivity index (χ2v) is 5.35. The fraction of sp³-hybridized carbons (Fsp3) is 1.00. The van der Waals surface area contributed by atoms with E-state index in [2.05, 4.69) is 20.8 Å². The lowest BCUT2D eigenvalue weighted by Crippen LogP contribution is -1.97. The highest BCUT2D eigenvalue weighted by Crippen LogP contribution is 2.45. The Kier molecular flexibility index (Phi) is 5.59. The molecule has 3 atom stereocenters. The van der Waals surface area contributed by atoms with Gasteiger partial charge in [-0.05, 0) is 30.6 Å². The minimum atomic E-state index is 0.994. The number of hydrogen-bond donors (Lipinski definition) is 0. The Morgan fingerprint density at radius 1 is 1.07 bits per heavy atom. The van der Waals surface area contributed by atoms with Gasteiger partial charge >= 0.3 is 0 Å². The van der Waals surface area contributed by atoms with Crippen LogP contribution in [0, 0.1) is 17.8 Å². The third kappa shape index (κ3) is 4.48. The highest BCUT2D eigenvalue weighted by molar-refractivity contribution is 4.85. The zero-order valence-electron chi connectivity index (χ0n) is 10.4. The second-order valence-electron chi connectivity index (χ2n) is 5.35. The Bertz CT molecular complexity index is 139. The lowest BCUT2D eigenvalue weighted by atomic mass is 9.96. The van der Waals surface area contributed by atoms with Gasteiger partial charge in [0.15, 0.2) is 0 Å². The first kappa shape index (κ1) is 12.1. The van der Waals surface area contributed by atoms with Gasteiger partial charge in [0.05, 0.1) is 0 Å². The first-order valence-corrected chi connectivity index (χ1v) is 6.77. The summed E-state index contributed by atoms with van der Waals surface area (Å²) in [7, 11) is 0. The highest BCUT2D eigenvalue weighted by atomic mass is 14.4. The molecule has 0 aromatic rings. The average molecular weight is 196 g/mol. The molecule has 3 unspecified atom stereocenters. The fourth-order valence-electron chi connectivity index (χ4n) is 2.65. The smallest absolute Gasteiger partial charge is 0.0381 e. The van der Waals surface area contributed by atoms with E-state index in [9.17, 15) is 0 Å². The van der Waals surface area contributed by atoms with Gasteiger partial charge in [0.1, 0.15) is 0 Å². The maximum atomic E-state index is 2.46. The van der Waals surface area contributed by atoms with Gasteiger partial charge in [-0.25, -0.2) is 0 Å². The molecule has 0 N–H and O–H groups in total. The van der Waals surface area contributed by atoms with E-state index >= 15 is 0 Å². The molecule has 1 aliphatic carbocycles. The van der Waals surface area contributed by atoms with Gasteiger partial charge in [0.25, 0.3) is 0 Å². The molecule has 0 spiro atoms. The Balaban J connectivity index is 1.92. The van der Waals surface area contributed by atoms with E-state index in [4.69, 9.17) is 0 Å². The van der Waals surface area contributed by atoms with Crippen LogP contribution in [-0.4, -0.2) is 0 Å². The van der Waals surface area contributed by atoms with Crippen LogP contribution in [0.3, 0.4) is 0 Å². The summed E-state index contributed by atoms with van der Waals surface area (Å²) >= 11 is 0. The lowest BCUT2D eigenvalue weighted by molar-refractivity contribution is 0.423. The molecule has 0 nitrogen and oxygen atoms in total. The molecule has 14 heavy (non-hydrogen) atoms. The minimum Gasteiger partial charge on any atom is -0.0654 e. The molecule has 1 saturated carbocycles. The van der Waals surface area contributed by atoms with Crippen molar-refractivity contribution in [1.82, 2.24) is 0 Å². The summed E-state index contributed by atoms with van der Waals surface area (Å²) in [6.07, 6.45) is 11.7. The molecule has 0 bridgehead atoms. The van der Waals surface area contributed by atoms with Crippen molar-refractivity contribution in [1.29, 1.82) is 0 Å². The topological polar surface area (TPSA) is 0 Å². The average Bonchev–Trinajstić information content (AvgIpc) is 2.91. The van der Waals surface area contributed by atoms with E-state index in [0.29, 0.717) is 0 Å². The number of unbranched alkanes of at least 4 members (excludes halogenated alkanes) is 3. The monoisotopic (exact) mass is 196 g/mol. The van der Waals surface area contributed by atoms with Crippen LogP contribution in [0.25, 0.3) is 0 Å². The molecule has 0 heterocycles. The summed E-state index contributed by atoms with van der Waals surface area (Å²) in [6, 6.07) is 0. The van der Waals surface area contributed by atoms with Gasteiger partial charge < -0.3 is 0 Å². The van der Waals surface area contributed by atoms with Crippen LogP contribution in [0.15, 0.2) is 0 Å². The quantitative estimate of drug-likeness (QED) is 0.478. The maximum absolute atomic E-state index is 2.46. The first-order valence-electron chi connectivity index (χ1n) is 6.77. The van der Waals surface area contributed by atoms with Gasteiger partial charge in [-0.2, -0.15) is 0 Å². The lowest BCUT2D eigenvalue weighted by Gasteiger charge is -2.10. The zero-order valence-corrected chi connectivity index (χ0v) is 10.4. The summed E-state index contributed by atoms with van der Waals surface area (Å²) in [5, 5.41) is 0. The fourth-order valence-corrected chi connectivity index (χ4v) is 2.65. The predicted molar refractivity (Wildman–Crippen MR) is 64.4 cm³/mol. The van der Waals surface area contributed by atoms with Gasteiger partial charge in [-0.3, -0.25) is 0 Å². The van der Waals surface area contributed by atoms with Crippen molar-refractivity contribution < 1.29 is 0 Å². The molecule has 0 aliphatic heterocycles. The van der Waals surface area contributed by atoms with Crippen LogP contribution in [0.1, 0.15) is 72.1 Å². The molecule has 84 valence electrons. The largest absolute Gasteiger partial charge is 0.0654 e. The van der Waals surface area contributed by atoms with Crippen LogP contribution in [0.2, 0.25) is 0 Å². The normalized spacial score (nSPS) is 27.6.